The van der Waals surface area contributed by atoms with Crippen LogP contribution in [0.15, 0.2) is 29.8 Å². The molecule has 0 atom stereocenters. The van der Waals surface area contributed by atoms with Crippen molar-refractivity contribution < 1.29 is 4.39 Å². The third-order valence-corrected chi connectivity index (χ3v) is 4.46. The molecule has 0 spiro atoms. The molecule has 0 bridgehead atoms. The summed E-state index contributed by atoms with van der Waals surface area (Å²) in [5.74, 6) is -0.239. The summed E-state index contributed by atoms with van der Waals surface area (Å²) in [6.45, 7) is 4.08. The van der Waals surface area contributed by atoms with Gasteiger partial charge in [0.1, 0.15) is 5.82 Å². The molecule has 0 N–H and O–H groups in total. The SMILES string of the molecule is N#Cc1ccc(F)c(CN2CCN(c3nccs3)CC2)c1. The molecule has 1 aromatic heterocycles. The Hall–Kier alpha value is -1.97. The van der Waals surface area contributed by atoms with E-state index in [4.69, 9.17) is 5.26 Å². The number of nitriles is 1. The lowest BCUT2D eigenvalue weighted by Crippen LogP contribution is -2.46. The van der Waals surface area contributed by atoms with Crippen molar-refractivity contribution in [1.29, 1.82) is 5.26 Å². The van der Waals surface area contributed by atoms with Crippen LogP contribution in [0.1, 0.15) is 11.1 Å². The van der Waals surface area contributed by atoms with E-state index < -0.39 is 0 Å². The minimum Gasteiger partial charge on any atom is -0.346 e. The van der Waals surface area contributed by atoms with Gasteiger partial charge in [-0.1, -0.05) is 0 Å². The van der Waals surface area contributed by atoms with Gasteiger partial charge in [-0.15, -0.1) is 11.3 Å². The van der Waals surface area contributed by atoms with Gasteiger partial charge < -0.3 is 4.90 Å². The highest BCUT2D eigenvalue weighted by Crippen LogP contribution is 2.20. The Morgan fingerprint density at radius 1 is 1.29 bits per heavy atom. The number of piperazine rings is 1. The molecule has 6 heteroatoms. The number of hydrogen-bond acceptors (Lipinski definition) is 5. The van der Waals surface area contributed by atoms with Crippen molar-refractivity contribution in [3.63, 3.8) is 0 Å². The zero-order valence-corrected chi connectivity index (χ0v) is 12.3. The molecular weight excluding hydrogens is 287 g/mol. The van der Waals surface area contributed by atoms with Crippen molar-refractivity contribution in [1.82, 2.24) is 9.88 Å². The standard InChI is InChI=1S/C15H15FN4S/c16-14-2-1-12(10-17)9-13(14)11-19-4-6-20(7-5-19)15-18-3-8-21-15/h1-3,8-9H,4-7,11H2. The van der Waals surface area contributed by atoms with Crippen molar-refractivity contribution >= 4 is 16.5 Å². The van der Waals surface area contributed by atoms with Crippen LogP contribution in [-0.2, 0) is 6.54 Å². The molecule has 3 rings (SSSR count). The van der Waals surface area contributed by atoms with Gasteiger partial charge in [-0.2, -0.15) is 5.26 Å². The van der Waals surface area contributed by atoms with E-state index in [1.807, 2.05) is 11.6 Å². The topological polar surface area (TPSA) is 43.2 Å². The summed E-state index contributed by atoms with van der Waals surface area (Å²) in [4.78, 5) is 8.78. The zero-order valence-electron chi connectivity index (χ0n) is 11.5. The highest BCUT2D eigenvalue weighted by molar-refractivity contribution is 7.13. The van der Waals surface area contributed by atoms with E-state index in [0.29, 0.717) is 17.7 Å². The van der Waals surface area contributed by atoms with E-state index in [2.05, 4.69) is 20.9 Å². The first-order valence-electron chi connectivity index (χ1n) is 6.81. The summed E-state index contributed by atoms with van der Waals surface area (Å²) in [5.41, 5.74) is 1.10. The Morgan fingerprint density at radius 3 is 2.76 bits per heavy atom. The van der Waals surface area contributed by atoms with Crippen LogP contribution >= 0.6 is 11.3 Å². The number of halogens is 1. The van der Waals surface area contributed by atoms with Crippen LogP contribution in [0.4, 0.5) is 9.52 Å². The number of thiazole rings is 1. The second kappa shape index (κ2) is 6.20. The number of nitrogens with zero attached hydrogens (tertiary/aromatic N) is 4. The zero-order chi connectivity index (χ0) is 14.7. The summed E-state index contributed by atoms with van der Waals surface area (Å²) in [6.07, 6.45) is 1.81. The molecule has 4 nitrogen and oxygen atoms in total. The van der Waals surface area contributed by atoms with Crippen LogP contribution < -0.4 is 4.90 Å². The monoisotopic (exact) mass is 302 g/mol. The van der Waals surface area contributed by atoms with Crippen molar-refractivity contribution in [3.05, 3.63) is 46.7 Å². The highest BCUT2D eigenvalue weighted by atomic mass is 32.1. The van der Waals surface area contributed by atoms with Gasteiger partial charge in [-0.05, 0) is 18.2 Å². The molecule has 2 aromatic rings. The second-order valence-electron chi connectivity index (χ2n) is 5.00. The first-order valence-corrected chi connectivity index (χ1v) is 7.69. The second-order valence-corrected chi connectivity index (χ2v) is 5.87. The molecule has 0 unspecified atom stereocenters. The molecule has 108 valence electrons. The predicted octanol–water partition coefficient (Wildman–Crippen LogP) is 2.48. The fourth-order valence-electron chi connectivity index (χ4n) is 2.48. The molecule has 21 heavy (non-hydrogen) atoms. The Labute approximate surface area is 127 Å². The third kappa shape index (κ3) is 3.20. The first-order chi connectivity index (χ1) is 10.3. The molecule has 1 fully saturated rings. The van der Waals surface area contributed by atoms with Gasteiger partial charge in [0.05, 0.1) is 11.6 Å². The number of rotatable bonds is 3. The smallest absolute Gasteiger partial charge is 0.185 e. The fraction of sp³-hybridized carbons (Fsp3) is 0.333. The summed E-state index contributed by atoms with van der Waals surface area (Å²) in [5, 5.41) is 11.9. The third-order valence-electron chi connectivity index (χ3n) is 3.63. The Balaban J connectivity index is 1.62. The van der Waals surface area contributed by atoms with E-state index in [0.717, 1.165) is 31.3 Å². The van der Waals surface area contributed by atoms with E-state index in [1.54, 1.807) is 17.4 Å². The Morgan fingerprint density at radius 2 is 2.10 bits per heavy atom. The van der Waals surface area contributed by atoms with Crippen LogP contribution in [-0.4, -0.2) is 36.1 Å². The first kappa shape index (κ1) is 14.0. The van der Waals surface area contributed by atoms with Crippen molar-refractivity contribution in [3.8, 4) is 6.07 Å². The molecule has 0 amide bonds. The maximum Gasteiger partial charge on any atom is 0.185 e. The number of anilines is 1. The van der Waals surface area contributed by atoms with Gasteiger partial charge >= 0.3 is 0 Å². The maximum absolute atomic E-state index is 13.8. The quantitative estimate of drug-likeness (QED) is 0.873. The van der Waals surface area contributed by atoms with Gasteiger partial charge in [0.25, 0.3) is 0 Å². The van der Waals surface area contributed by atoms with Crippen LogP contribution in [0.5, 0.6) is 0 Å². The average Bonchev–Trinajstić information content (AvgIpc) is 3.04. The minimum atomic E-state index is -0.239. The van der Waals surface area contributed by atoms with Crippen molar-refractivity contribution in [2.45, 2.75) is 6.54 Å². The Bertz CT molecular complexity index is 642. The minimum absolute atomic E-state index is 0.239. The summed E-state index contributed by atoms with van der Waals surface area (Å²) in [7, 11) is 0. The number of hydrogen-bond donors (Lipinski definition) is 0. The van der Waals surface area contributed by atoms with E-state index in [1.165, 1.54) is 12.1 Å². The fourth-order valence-corrected chi connectivity index (χ4v) is 3.17. The van der Waals surface area contributed by atoms with Gasteiger partial charge in [-0.3, -0.25) is 4.90 Å². The summed E-state index contributed by atoms with van der Waals surface area (Å²) in [6, 6.07) is 6.59. The predicted molar refractivity (Wildman–Crippen MR) is 80.7 cm³/mol. The van der Waals surface area contributed by atoms with Crippen LogP contribution in [0.3, 0.4) is 0 Å². The van der Waals surface area contributed by atoms with Crippen molar-refractivity contribution in [2.75, 3.05) is 31.1 Å². The molecule has 0 saturated carbocycles. The molecule has 0 aliphatic carbocycles. The molecule has 2 heterocycles. The summed E-state index contributed by atoms with van der Waals surface area (Å²) < 4.78 is 13.8. The largest absolute Gasteiger partial charge is 0.346 e. The van der Waals surface area contributed by atoms with E-state index in [9.17, 15) is 4.39 Å². The normalized spacial score (nSPS) is 15.9. The molecule has 0 radical (unpaired) electrons. The highest BCUT2D eigenvalue weighted by Gasteiger charge is 2.19. The lowest BCUT2D eigenvalue weighted by atomic mass is 10.1. The van der Waals surface area contributed by atoms with Crippen LogP contribution in [0, 0.1) is 17.1 Å². The van der Waals surface area contributed by atoms with Gasteiger partial charge in [0, 0.05) is 49.9 Å². The molecule has 1 aromatic carbocycles. The average molecular weight is 302 g/mol. The number of aromatic nitrogens is 1. The van der Waals surface area contributed by atoms with Gasteiger partial charge in [-0.25, -0.2) is 9.37 Å². The number of benzene rings is 1. The van der Waals surface area contributed by atoms with E-state index in [-0.39, 0.29) is 5.82 Å². The van der Waals surface area contributed by atoms with Gasteiger partial charge in [0.2, 0.25) is 0 Å². The molecule has 1 aliphatic heterocycles. The van der Waals surface area contributed by atoms with Crippen LogP contribution in [0.25, 0.3) is 0 Å². The van der Waals surface area contributed by atoms with E-state index >= 15 is 0 Å². The lowest BCUT2D eigenvalue weighted by molar-refractivity contribution is 0.246. The molecule has 1 saturated heterocycles. The Kier molecular flexibility index (Phi) is 4.13. The van der Waals surface area contributed by atoms with Crippen molar-refractivity contribution in [2.24, 2.45) is 0 Å². The van der Waals surface area contributed by atoms with Crippen LogP contribution in [0.2, 0.25) is 0 Å². The summed E-state index contributed by atoms with van der Waals surface area (Å²) >= 11 is 1.64. The maximum atomic E-state index is 13.8. The van der Waals surface area contributed by atoms with Gasteiger partial charge in [0.15, 0.2) is 5.13 Å². The molecule has 1 aliphatic rings. The molecular formula is C15H15FN4S. The lowest BCUT2D eigenvalue weighted by Gasteiger charge is -2.34.